The van der Waals surface area contributed by atoms with Crippen molar-refractivity contribution in [2.45, 2.75) is 19.0 Å². The molecule has 0 bridgehead atoms. The third kappa shape index (κ3) is 12.3. The van der Waals surface area contributed by atoms with E-state index >= 15 is 0 Å². The molecule has 0 aliphatic heterocycles. The number of carbonyl (C=O) groups is 3. The zero-order chi connectivity index (χ0) is 10.6. The van der Waals surface area contributed by atoms with E-state index in [9.17, 15) is 14.4 Å². The minimum absolute atomic E-state index is 0. The molecule has 0 fully saturated rings. The van der Waals surface area contributed by atoms with Crippen LogP contribution in [0.3, 0.4) is 0 Å². The summed E-state index contributed by atoms with van der Waals surface area (Å²) in [5.41, 5.74) is 0. The summed E-state index contributed by atoms with van der Waals surface area (Å²) in [6.07, 6.45) is 0. The van der Waals surface area contributed by atoms with Crippen LogP contribution in [-0.2, 0) is 14.4 Å². The van der Waals surface area contributed by atoms with Gasteiger partial charge >= 0.3 is 172 Å². The van der Waals surface area contributed by atoms with Crippen molar-refractivity contribution < 1.29 is 188 Å². The van der Waals surface area contributed by atoms with E-state index in [0.717, 1.165) is 6.92 Å². The Bertz CT molecular complexity index is 246. The van der Waals surface area contributed by atoms with E-state index in [-0.39, 0.29) is 158 Å². The maximum Gasteiger partial charge on any atom is 1.00 e. The van der Waals surface area contributed by atoms with Gasteiger partial charge in [-0.1, -0.05) is 0 Å². The Hall–Kier alpha value is 3.28. The average molecular weight is 311 g/mol. The number of rotatable bonds is 5. The van der Waals surface area contributed by atoms with Gasteiger partial charge in [-0.25, -0.2) is 9.59 Å². The molecule has 4 N–H and O–H groups in total. The number of carboxylic acid groups (broad SMARTS) is 3. The second kappa shape index (κ2) is 14.7. The minimum atomic E-state index is -1.90. The summed E-state index contributed by atoms with van der Waals surface area (Å²) in [5, 5.41) is 26.9. The molecule has 0 spiro atoms. The molecule has 0 saturated carbocycles. The van der Waals surface area contributed by atoms with Crippen LogP contribution in [0.4, 0.5) is 0 Å². The van der Waals surface area contributed by atoms with Crippen LogP contribution >= 0.6 is 0 Å². The van der Waals surface area contributed by atoms with Crippen molar-refractivity contribution in [2.75, 3.05) is 0 Å². The van der Waals surface area contributed by atoms with Crippen LogP contribution in [0.2, 0.25) is 0 Å². The van der Waals surface area contributed by atoms with E-state index in [2.05, 4.69) is 0 Å². The Morgan fingerprint density at radius 1 is 0.938 bits per heavy atom. The molecule has 0 heterocycles. The fourth-order valence-corrected chi connectivity index (χ4v) is 0.569. The van der Waals surface area contributed by atoms with E-state index in [0.29, 0.717) is 0 Å². The summed E-state index contributed by atoms with van der Waals surface area (Å²) in [6, 6.07) is -3.12. The van der Waals surface area contributed by atoms with Crippen LogP contribution in [0, 0.1) is 0 Å². The van der Waals surface area contributed by atoms with Gasteiger partial charge in [0.05, 0.1) is 0 Å². The van der Waals surface area contributed by atoms with E-state index < -0.39 is 30.0 Å². The first-order valence-electron chi connectivity index (χ1n) is 3.30. The maximum atomic E-state index is 10.3. The Labute approximate surface area is 224 Å². The van der Waals surface area contributed by atoms with Gasteiger partial charge in [-0.2, -0.15) is 0 Å². The van der Waals surface area contributed by atoms with Crippen LogP contribution in [0.25, 0.3) is 0 Å². The number of carboxylic acids is 3. The predicted molar refractivity (Wildman–Crippen MR) is 42.6 cm³/mol. The number of aliphatic carboxylic acids is 3. The predicted octanol–water partition coefficient (Wildman–Crippen LogP) is -10.1. The summed E-state index contributed by atoms with van der Waals surface area (Å²) in [7, 11) is 0. The first-order valence-corrected chi connectivity index (χ1v) is 3.30. The van der Waals surface area contributed by atoms with Gasteiger partial charge in [-0.05, 0) is 6.92 Å². The molecular weight excluding hydrogens is 299 g/mol. The first-order chi connectivity index (χ1) is 5.86. The second-order valence-corrected chi connectivity index (χ2v) is 2.34. The summed E-state index contributed by atoms with van der Waals surface area (Å²) in [5.74, 6) is -4.56. The van der Waals surface area contributed by atoms with Crippen molar-refractivity contribution in [3.63, 3.8) is 0 Å². The monoisotopic (exact) mass is 311 g/mol. The minimum Gasteiger partial charge on any atom is -1.00 e. The normalized spacial score (nSPS) is 10.1. The van der Waals surface area contributed by atoms with Crippen molar-refractivity contribution in [1.82, 2.24) is 5.32 Å². The van der Waals surface area contributed by atoms with E-state index in [1.807, 2.05) is 5.32 Å². The molecule has 7 nitrogen and oxygen atoms in total. The SMILES string of the molecule is CC(NC(C(=O)O)C(=O)O)C(=O)O.[H-].[H-].[H-].[K+].[K+].[K+]. The number of nitrogens with one attached hydrogen (secondary N) is 1. The molecule has 80 valence electrons. The molecular formula is C6H12K3NO6. The fraction of sp³-hybridized carbons (Fsp3) is 0.500. The van der Waals surface area contributed by atoms with Crippen molar-refractivity contribution in [2.24, 2.45) is 0 Å². The zero-order valence-electron chi connectivity index (χ0n) is 12.7. The Morgan fingerprint density at radius 2 is 1.25 bits per heavy atom. The standard InChI is InChI=1S/C6H9NO6.3K.3H/c1-2(4(8)9)7-3(5(10)11)6(12)13;;;;;;/h2-3,7H,1H3,(H,8,9)(H,10,11)(H,12,13);;;;;;/q;3*+1;3*-1. The van der Waals surface area contributed by atoms with Gasteiger partial charge in [-0.3, -0.25) is 10.1 Å². The Morgan fingerprint density at radius 3 is 1.44 bits per heavy atom. The molecule has 0 aliphatic carbocycles. The van der Waals surface area contributed by atoms with Gasteiger partial charge in [0.2, 0.25) is 6.04 Å². The second-order valence-electron chi connectivity index (χ2n) is 2.34. The van der Waals surface area contributed by atoms with Crippen LogP contribution in [0.5, 0.6) is 0 Å². The molecule has 0 aliphatic rings. The molecule has 0 aromatic rings. The van der Waals surface area contributed by atoms with Gasteiger partial charge in [0.1, 0.15) is 6.04 Å². The molecule has 0 saturated heterocycles. The largest absolute Gasteiger partial charge is 1.00 e. The van der Waals surface area contributed by atoms with E-state index in [4.69, 9.17) is 15.3 Å². The van der Waals surface area contributed by atoms with Crippen molar-refractivity contribution in [3.05, 3.63) is 0 Å². The smallest absolute Gasteiger partial charge is 1.00 e. The van der Waals surface area contributed by atoms with Crippen LogP contribution in [0.15, 0.2) is 0 Å². The topological polar surface area (TPSA) is 124 Å². The van der Waals surface area contributed by atoms with E-state index in [1.54, 1.807) is 0 Å². The molecule has 1 atom stereocenters. The fourth-order valence-electron chi connectivity index (χ4n) is 0.569. The molecule has 0 radical (unpaired) electrons. The molecule has 0 aromatic heterocycles. The molecule has 10 heteroatoms. The van der Waals surface area contributed by atoms with Gasteiger partial charge in [0, 0.05) is 0 Å². The van der Waals surface area contributed by atoms with Crippen LogP contribution in [0.1, 0.15) is 11.2 Å². The zero-order valence-corrected chi connectivity index (χ0v) is 19.1. The Balaban J connectivity index is -0.0000000480. The van der Waals surface area contributed by atoms with E-state index in [1.165, 1.54) is 0 Å². The molecule has 0 rings (SSSR count). The van der Waals surface area contributed by atoms with Gasteiger partial charge < -0.3 is 19.6 Å². The summed E-state index contributed by atoms with van der Waals surface area (Å²) >= 11 is 0. The Kier molecular flexibility index (Phi) is 25.3. The third-order valence-corrected chi connectivity index (χ3v) is 1.28. The molecule has 1 unspecified atom stereocenters. The maximum absolute atomic E-state index is 10.3. The summed E-state index contributed by atoms with van der Waals surface area (Å²) < 4.78 is 0. The molecule has 16 heavy (non-hydrogen) atoms. The third-order valence-electron chi connectivity index (χ3n) is 1.28. The van der Waals surface area contributed by atoms with Gasteiger partial charge in [0.15, 0.2) is 0 Å². The summed E-state index contributed by atoms with van der Waals surface area (Å²) in [6.45, 7) is 1.15. The molecule has 0 aromatic carbocycles. The van der Waals surface area contributed by atoms with Crippen molar-refractivity contribution in [1.29, 1.82) is 0 Å². The average Bonchev–Trinajstić information content (AvgIpc) is 1.97. The van der Waals surface area contributed by atoms with Gasteiger partial charge in [-0.15, -0.1) is 0 Å². The van der Waals surface area contributed by atoms with Gasteiger partial charge in [0.25, 0.3) is 0 Å². The van der Waals surface area contributed by atoms with Crippen LogP contribution in [-0.4, -0.2) is 45.3 Å². The molecule has 0 amide bonds. The van der Waals surface area contributed by atoms with Crippen molar-refractivity contribution in [3.8, 4) is 0 Å². The number of hydrogen-bond donors (Lipinski definition) is 4. The number of hydrogen-bond acceptors (Lipinski definition) is 4. The first kappa shape index (κ1) is 27.6. The quantitative estimate of drug-likeness (QED) is 0.293. The van der Waals surface area contributed by atoms with Crippen molar-refractivity contribution >= 4 is 17.9 Å². The summed E-state index contributed by atoms with van der Waals surface area (Å²) in [4.78, 5) is 30.8. The van der Waals surface area contributed by atoms with Crippen LogP contribution < -0.4 is 159 Å².